The molecule has 4 heteroatoms. The summed E-state index contributed by atoms with van der Waals surface area (Å²) in [6.07, 6.45) is 0. The minimum atomic E-state index is -0.386. The molecule has 0 aromatic heterocycles. The highest BCUT2D eigenvalue weighted by Crippen LogP contribution is 2.09. The van der Waals surface area contributed by atoms with E-state index in [4.69, 9.17) is 4.74 Å². The molecule has 2 rings (SSSR count). The third-order valence-electron chi connectivity index (χ3n) is 2.70. The van der Waals surface area contributed by atoms with Gasteiger partial charge >= 0.3 is 12.4 Å². The quantitative estimate of drug-likeness (QED) is 0.756. The molecule has 1 radical (unpaired) electrons. The zero-order valence-corrected chi connectivity index (χ0v) is 10.7. The molecule has 0 saturated heterocycles. The van der Waals surface area contributed by atoms with Crippen molar-refractivity contribution in [1.29, 1.82) is 0 Å². The van der Waals surface area contributed by atoms with Crippen molar-refractivity contribution in [3.05, 3.63) is 71.3 Å². The van der Waals surface area contributed by atoms with Gasteiger partial charge in [-0.1, -0.05) is 42.5 Å². The number of ether oxygens (including phenoxy) is 2. The minimum absolute atomic E-state index is 0.142. The molecule has 0 fully saturated rings. The third-order valence-corrected chi connectivity index (χ3v) is 2.70. The lowest BCUT2D eigenvalue weighted by Gasteiger charge is -2.05. The maximum atomic E-state index is 11.8. The number of benzene rings is 2. The van der Waals surface area contributed by atoms with Gasteiger partial charge in [-0.2, -0.15) is 0 Å². The summed E-state index contributed by atoms with van der Waals surface area (Å²) >= 11 is 0. The van der Waals surface area contributed by atoms with Crippen LogP contribution in [0.15, 0.2) is 54.6 Å². The monoisotopic (exact) mass is 269 g/mol. The summed E-state index contributed by atoms with van der Waals surface area (Å²) in [5.41, 5.74) is 2.18. The maximum Gasteiger partial charge on any atom is 0.417 e. The summed E-state index contributed by atoms with van der Waals surface area (Å²) < 4.78 is 9.71. The highest BCUT2D eigenvalue weighted by molar-refractivity contribution is 5.89. The molecule has 0 unspecified atom stereocenters. The molecule has 2 aromatic carbocycles. The van der Waals surface area contributed by atoms with E-state index in [2.05, 4.69) is 4.74 Å². The van der Waals surface area contributed by atoms with Crippen molar-refractivity contribution >= 4 is 12.4 Å². The molecule has 0 N–H and O–H groups in total. The fourth-order valence-corrected chi connectivity index (χ4v) is 1.66. The molecule has 20 heavy (non-hydrogen) atoms. The average Bonchev–Trinajstić information content (AvgIpc) is 2.52. The van der Waals surface area contributed by atoms with Gasteiger partial charge in [0, 0.05) is 0 Å². The summed E-state index contributed by atoms with van der Waals surface area (Å²) in [6, 6.07) is 16.2. The van der Waals surface area contributed by atoms with E-state index >= 15 is 0 Å². The molecule has 2 aromatic rings. The van der Waals surface area contributed by atoms with Crippen molar-refractivity contribution in [2.24, 2.45) is 0 Å². The van der Waals surface area contributed by atoms with Crippen LogP contribution in [0.5, 0.6) is 0 Å². The first kappa shape index (κ1) is 13.8. The molecule has 0 atom stereocenters. The van der Waals surface area contributed by atoms with Gasteiger partial charge < -0.3 is 9.47 Å². The second kappa shape index (κ2) is 7.09. The van der Waals surface area contributed by atoms with Crippen LogP contribution >= 0.6 is 0 Å². The average molecular weight is 269 g/mol. The van der Waals surface area contributed by atoms with Gasteiger partial charge in [0.15, 0.2) is 0 Å². The lowest BCUT2D eigenvalue weighted by Crippen LogP contribution is -2.05. The van der Waals surface area contributed by atoms with Gasteiger partial charge in [-0.25, -0.2) is 9.59 Å². The number of hydrogen-bond donors (Lipinski definition) is 0. The van der Waals surface area contributed by atoms with E-state index in [1.54, 1.807) is 24.3 Å². The fraction of sp³-hybridized carbons (Fsp3) is 0.125. The van der Waals surface area contributed by atoms with Gasteiger partial charge in [0.25, 0.3) is 0 Å². The molecule has 0 aliphatic heterocycles. The van der Waals surface area contributed by atoms with Gasteiger partial charge in [0.1, 0.15) is 13.2 Å². The zero-order valence-electron chi connectivity index (χ0n) is 10.7. The van der Waals surface area contributed by atoms with Gasteiger partial charge in [-0.3, -0.25) is 0 Å². The summed E-state index contributed by atoms with van der Waals surface area (Å²) in [5.74, 6) is -0.386. The van der Waals surface area contributed by atoms with E-state index in [1.807, 2.05) is 30.3 Å². The van der Waals surface area contributed by atoms with Crippen LogP contribution in [0.3, 0.4) is 0 Å². The Hall–Kier alpha value is -2.62. The van der Waals surface area contributed by atoms with Crippen LogP contribution in [0.1, 0.15) is 21.5 Å². The van der Waals surface area contributed by atoms with Crippen LogP contribution in [0.25, 0.3) is 0 Å². The highest BCUT2D eigenvalue weighted by Gasteiger charge is 2.07. The van der Waals surface area contributed by atoms with Crippen molar-refractivity contribution in [3.8, 4) is 0 Å². The van der Waals surface area contributed by atoms with E-state index in [-0.39, 0.29) is 19.2 Å². The molecule has 0 bridgehead atoms. The Bertz CT molecular complexity index is 561. The highest BCUT2D eigenvalue weighted by atomic mass is 16.5. The second-order valence-electron chi connectivity index (χ2n) is 4.13. The van der Waals surface area contributed by atoms with Crippen LogP contribution in [0.2, 0.25) is 0 Å². The Morgan fingerprint density at radius 1 is 0.900 bits per heavy atom. The molecular weight excluding hydrogens is 256 g/mol. The Morgan fingerprint density at radius 3 is 2.20 bits per heavy atom. The second-order valence-corrected chi connectivity index (χ2v) is 4.13. The van der Waals surface area contributed by atoms with Crippen LogP contribution < -0.4 is 0 Å². The van der Waals surface area contributed by atoms with Crippen LogP contribution in [-0.4, -0.2) is 12.4 Å². The van der Waals surface area contributed by atoms with Crippen molar-refractivity contribution in [3.63, 3.8) is 0 Å². The van der Waals surface area contributed by atoms with Gasteiger partial charge in [0.2, 0.25) is 0 Å². The van der Waals surface area contributed by atoms with Crippen molar-refractivity contribution in [2.75, 3.05) is 0 Å². The molecule has 0 aliphatic carbocycles. The lowest BCUT2D eigenvalue weighted by molar-refractivity contribution is 0.0472. The molecule has 4 nitrogen and oxygen atoms in total. The molecule has 0 aliphatic rings. The van der Waals surface area contributed by atoms with Gasteiger partial charge in [-0.05, 0) is 23.3 Å². The van der Waals surface area contributed by atoms with Crippen molar-refractivity contribution < 1.29 is 19.1 Å². The maximum absolute atomic E-state index is 11.8. The first-order chi connectivity index (χ1) is 9.79. The molecule has 0 amide bonds. The first-order valence-corrected chi connectivity index (χ1v) is 6.08. The normalized spacial score (nSPS) is 9.80. The Labute approximate surface area is 116 Å². The number of carbonyl (C=O) groups is 1. The Kier molecular flexibility index (Phi) is 4.89. The standard InChI is InChI=1S/C16H13O4/c17-12-19-10-14-6-8-15(9-7-14)16(18)20-11-13-4-2-1-3-5-13/h1-9H,10-11H2. The molecule has 0 saturated carbocycles. The van der Waals surface area contributed by atoms with Crippen molar-refractivity contribution in [1.82, 2.24) is 0 Å². The third kappa shape index (κ3) is 3.95. The summed E-state index contributed by atoms with van der Waals surface area (Å²) in [4.78, 5) is 21.8. The number of carbonyl (C=O) groups excluding carboxylic acids is 2. The van der Waals surface area contributed by atoms with Gasteiger partial charge in [0.05, 0.1) is 5.56 Å². The number of hydrogen-bond acceptors (Lipinski definition) is 4. The minimum Gasteiger partial charge on any atom is -0.457 e. The number of esters is 1. The topological polar surface area (TPSA) is 52.6 Å². The Balaban J connectivity index is 1.90. The zero-order chi connectivity index (χ0) is 14.2. The van der Waals surface area contributed by atoms with E-state index in [0.717, 1.165) is 11.1 Å². The molecule has 0 heterocycles. The van der Waals surface area contributed by atoms with Crippen molar-refractivity contribution in [2.45, 2.75) is 13.2 Å². The first-order valence-electron chi connectivity index (χ1n) is 6.08. The molecule has 101 valence electrons. The molecular formula is C16H13O4. The summed E-state index contributed by atoms with van der Waals surface area (Å²) in [5, 5.41) is 0. The van der Waals surface area contributed by atoms with E-state index < -0.39 is 0 Å². The summed E-state index contributed by atoms with van der Waals surface area (Å²) in [6.45, 7) is 1.73. The van der Waals surface area contributed by atoms with E-state index in [9.17, 15) is 9.59 Å². The predicted molar refractivity (Wildman–Crippen MR) is 72.5 cm³/mol. The van der Waals surface area contributed by atoms with E-state index in [0.29, 0.717) is 5.56 Å². The fourth-order valence-electron chi connectivity index (χ4n) is 1.66. The van der Waals surface area contributed by atoms with Gasteiger partial charge in [-0.15, -0.1) is 0 Å². The smallest absolute Gasteiger partial charge is 0.417 e. The Morgan fingerprint density at radius 2 is 1.55 bits per heavy atom. The van der Waals surface area contributed by atoms with Crippen LogP contribution in [0.4, 0.5) is 0 Å². The predicted octanol–water partition coefficient (Wildman–Crippen LogP) is 2.63. The van der Waals surface area contributed by atoms with Crippen LogP contribution in [-0.2, 0) is 27.5 Å². The molecule has 0 spiro atoms. The largest absolute Gasteiger partial charge is 0.457 e. The lowest BCUT2D eigenvalue weighted by atomic mass is 10.1. The summed E-state index contributed by atoms with van der Waals surface area (Å²) in [7, 11) is 0. The number of rotatable bonds is 6. The SMILES string of the molecule is O=[C]OCc1ccc(C(=O)OCc2ccccc2)cc1. The van der Waals surface area contributed by atoms with Crippen LogP contribution in [0, 0.1) is 0 Å². The van der Waals surface area contributed by atoms with E-state index in [1.165, 1.54) is 6.47 Å².